The number of ketones is 1. The molecule has 0 bridgehead atoms. The summed E-state index contributed by atoms with van der Waals surface area (Å²) in [5, 5.41) is 0. The maximum absolute atomic E-state index is 12.5. The summed E-state index contributed by atoms with van der Waals surface area (Å²) >= 11 is 4.46. The van der Waals surface area contributed by atoms with E-state index in [4.69, 9.17) is 0 Å². The fraction of sp³-hybridized carbons (Fsp3) is 0.0588. The molecule has 3 aromatic rings. The lowest BCUT2D eigenvalue weighted by atomic mass is 10.1. The molecule has 3 nitrogen and oxygen atoms in total. The molecule has 110 valence electrons. The van der Waals surface area contributed by atoms with Gasteiger partial charge in [-0.15, -0.1) is 0 Å². The molecular formula is C17H12BrNO2S. The second-order valence-electron chi connectivity index (χ2n) is 4.76. The van der Waals surface area contributed by atoms with E-state index in [1.165, 1.54) is 11.5 Å². The Kier molecular flexibility index (Phi) is 4.36. The zero-order valence-corrected chi connectivity index (χ0v) is 13.9. The molecule has 1 heterocycles. The van der Waals surface area contributed by atoms with Crippen LogP contribution in [0.4, 0.5) is 0 Å². The molecule has 0 saturated heterocycles. The van der Waals surface area contributed by atoms with Gasteiger partial charge in [0.15, 0.2) is 0 Å². The molecule has 22 heavy (non-hydrogen) atoms. The van der Waals surface area contributed by atoms with Gasteiger partial charge in [-0.1, -0.05) is 72.2 Å². The van der Waals surface area contributed by atoms with Gasteiger partial charge in [0.1, 0.15) is 9.35 Å². The van der Waals surface area contributed by atoms with Gasteiger partial charge >= 0.3 is 0 Å². The Morgan fingerprint density at radius 2 is 1.59 bits per heavy atom. The van der Waals surface area contributed by atoms with Gasteiger partial charge in [0, 0.05) is 5.56 Å². The molecule has 0 fully saturated rings. The van der Waals surface area contributed by atoms with Crippen LogP contribution < -0.4 is 5.56 Å². The van der Waals surface area contributed by atoms with E-state index in [9.17, 15) is 9.59 Å². The number of nitrogens with zero attached hydrogens (tertiary/aromatic N) is 1. The highest BCUT2D eigenvalue weighted by atomic mass is 79.9. The zero-order valence-electron chi connectivity index (χ0n) is 11.5. The summed E-state index contributed by atoms with van der Waals surface area (Å²) in [5.41, 5.74) is 1.43. The van der Waals surface area contributed by atoms with Crippen LogP contribution in [0, 0.1) is 0 Å². The number of halogens is 1. The lowest BCUT2D eigenvalue weighted by Crippen LogP contribution is -2.14. The monoisotopic (exact) mass is 373 g/mol. The number of aromatic nitrogens is 1. The predicted octanol–water partition coefficient (Wildman–Crippen LogP) is 3.95. The number of benzene rings is 2. The van der Waals surface area contributed by atoms with Gasteiger partial charge < -0.3 is 0 Å². The summed E-state index contributed by atoms with van der Waals surface area (Å²) < 4.78 is 1.93. The molecule has 0 N–H and O–H groups in total. The van der Waals surface area contributed by atoms with E-state index in [0.717, 1.165) is 5.56 Å². The van der Waals surface area contributed by atoms with Gasteiger partial charge in [0.2, 0.25) is 5.78 Å². The standard InChI is InChI=1S/C17H12BrNO2S/c18-14-16(15(20)13-9-5-2-6-10-13)22-19(17(14)21)11-12-7-3-1-4-8-12/h1-10H,11H2. The van der Waals surface area contributed by atoms with Gasteiger partial charge in [0.05, 0.1) is 6.54 Å². The first-order valence-electron chi connectivity index (χ1n) is 6.70. The fourth-order valence-corrected chi connectivity index (χ4v) is 3.82. The maximum Gasteiger partial charge on any atom is 0.276 e. The minimum Gasteiger partial charge on any atom is -0.288 e. The van der Waals surface area contributed by atoms with Crippen LogP contribution in [0.5, 0.6) is 0 Å². The minimum atomic E-state index is -0.173. The van der Waals surface area contributed by atoms with Crippen molar-refractivity contribution < 1.29 is 4.79 Å². The largest absolute Gasteiger partial charge is 0.288 e. The Morgan fingerprint density at radius 3 is 2.23 bits per heavy atom. The lowest BCUT2D eigenvalue weighted by Gasteiger charge is -2.00. The average Bonchev–Trinajstić information content (AvgIpc) is 2.84. The Balaban J connectivity index is 1.96. The predicted molar refractivity (Wildman–Crippen MR) is 91.7 cm³/mol. The van der Waals surface area contributed by atoms with Crippen molar-refractivity contribution >= 4 is 33.2 Å². The van der Waals surface area contributed by atoms with Crippen LogP contribution in [0.3, 0.4) is 0 Å². The van der Waals surface area contributed by atoms with Gasteiger partial charge in [-0.3, -0.25) is 13.5 Å². The van der Waals surface area contributed by atoms with Crippen molar-refractivity contribution in [1.82, 2.24) is 3.96 Å². The van der Waals surface area contributed by atoms with Crippen LogP contribution in [0.2, 0.25) is 0 Å². The highest BCUT2D eigenvalue weighted by molar-refractivity contribution is 9.10. The molecule has 2 aromatic carbocycles. The summed E-state index contributed by atoms with van der Waals surface area (Å²) in [6.07, 6.45) is 0. The normalized spacial score (nSPS) is 10.6. The number of hydrogen-bond donors (Lipinski definition) is 0. The highest BCUT2D eigenvalue weighted by Gasteiger charge is 2.20. The summed E-state index contributed by atoms with van der Waals surface area (Å²) in [4.78, 5) is 25.3. The Morgan fingerprint density at radius 1 is 1.00 bits per heavy atom. The third-order valence-corrected chi connectivity index (χ3v) is 5.31. The first-order chi connectivity index (χ1) is 10.7. The molecule has 1 aromatic heterocycles. The quantitative estimate of drug-likeness (QED) is 0.649. The molecule has 0 radical (unpaired) electrons. The molecule has 0 aliphatic rings. The Bertz CT molecular complexity index is 853. The van der Waals surface area contributed by atoms with E-state index in [1.807, 2.05) is 48.5 Å². The highest BCUT2D eigenvalue weighted by Crippen LogP contribution is 2.22. The summed E-state index contributed by atoms with van der Waals surface area (Å²) in [6, 6.07) is 18.7. The maximum atomic E-state index is 12.5. The molecule has 0 saturated carbocycles. The van der Waals surface area contributed by atoms with Crippen LogP contribution in [0.25, 0.3) is 0 Å². The lowest BCUT2D eigenvalue weighted by molar-refractivity contribution is 0.104. The SMILES string of the molecule is O=C(c1ccccc1)c1sn(Cc2ccccc2)c(=O)c1Br. The van der Waals surface area contributed by atoms with Crippen LogP contribution in [-0.4, -0.2) is 9.74 Å². The molecule has 5 heteroatoms. The van der Waals surface area contributed by atoms with E-state index in [1.54, 1.807) is 16.1 Å². The smallest absolute Gasteiger partial charge is 0.276 e. The fourth-order valence-electron chi connectivity index (χ4n) is 2.11. The molecular weight excluding hydrogens is 362 g/mol. The summed E-state index contributed by atoms with van der Waals surface area (Å²) in [7, 11) is 0. The van der Waals surface area contributed by atoms with Crippen molar-refractivity contribution in [2.24, 2.45) is 0 Å². The molecule has 0 spiro atoms. The molecule has 0 aliphatic heterocycles. The molecule has 0 atom stereocenters. The molecule has 3 rings (SSSR count). The molecule has 0 aliphatic carbocycles. The van der Waals surface area contributed by atoms with Crippen molar-refractivity contribution in [2.75, 3.05) is 0 Å². The Labute approximate surface area is 140 Å². The summed E-state index contributed by atoms with van der Waals surface area (Å²) in [5.74, 6) is -0.138. The first-order valence-corrected chi connectivity index (χ1v) is 8.27. The van der Waals surface area contributed by atoms with Crippen molar-refractivity contribution in [3.63, 3.8) is 0 Å². The zero-order chi connectivity index (χ0) is 15.5. The number of carbonyl (C=O) groups is 1. The third-order valence-electron chi connectivity index (χ3n) is 3.23. The number of rotatable bonds is 4. The van der Waals surface area contributed by atoms with Gasteiger partial charge in [0.25, 0.3) is 5.56 Å². The van der Waals surface area contributed by atoms with Crippen molar-refractivity contribution in [3.8, 4) is 0 Å². The van der Waals surface area contributed by atoms with Crippen molar-refractivity contribution in [1.29, 1.82) is 0 Å². The van der Waals surface area contributed by atoms with Gasteiger partial charge in [-0.2, -0.15) is 0 Å². The summed E-state index contributed by atoms with van der Waals surface area (Å²) in [6.45, 7) is 0.463. The van der Waals surface area contributed by atoms with Crippen LogP contribution in [-0.2, 0) is 6.54 Å². The van der Waals surface area contributed by atoms with Crippen molar-refractivity contribution in [3.05, 3.63) is 91.5 Å². The van der Waals surface area contributed by atoms with E-state index in [2.05, 4.69) is 15.9 Å². The van der Waals surface area contributed by atoms with E-state index >= 15 is 0 Å². The second kappa shape index (κ2) is 6.42. The van der Waals surface area contributed by atoms with Crippen molar-refractivity contribution in [2.45, 2.75) is 6.54 Å². The van der Waals surface area contributed by atoms with E-state index < -0.39 is 0 Å². The molecule has 0 amide bonds. The average molecular weight is 374 g/mol. The van der Waals surface area contributed by atoms with Gasteiger partial charge in [-0.05, 0) is 21.5 Å². The topological polar surface area (TPSA) is 39.1 Å². The molecule has 0 unspecified atom stereocenters. The number of carbonyl (C=O) groups excluding carboxylic acids is 1. The first kappa shape index (κ1) is 14.9. The van der Waals surface area contributed by atoms with E-state index in [-0.39, 0.29) is 11.3 Å². The number of hydrogen-bond acceptors (Lipinski definition) is 3. The van der Waals surface area contributed by atoms with Gasteiger partial charge in [-0.25, -0.2) is 0 Å². The van der Waals surface area contributed by atoms with Crippen LogP contribution in [0.1, 0.15) is 20.8 Å². The van der Waals surface area contributed by atoms with Crippen LogP contribution >= 0.6 is 27.5 Å². The van der Waals surface area contributed by atoms with Crippen LogP contribution in [0.15, 0.2) is 69.9 Å². The Hall–Kier alpha value is -1.98. The minimum absolute atomic E-state index is 0.138. The third kappa shape index (κ3) is 2.96. The van der Waals surface area contributed by atoms with E-state index in [0.29, 0.717) is 21.5 Å². The second-order valence-corrected chi connectivity index (χ2v) is 6.58.